The lowest BCUT2D eigenvalue weighted by Crippen LogP contribution is -2.21. The molecule has 0 aliphatic carbocycles. The Kier molecular flexibility index (Phi) is 6.75. The number of H-pyrrole nitrogens is 1. The summed E-state index contributed by atoms with van der Waals surface area (Å²) in [5.74, 6) is 1.75. The first kappa shape index (κ1) is 23.2. The largest absolute Gasteiger partial charge is 0.460 e. The molecule has 0 radical (unpaired) electrons. The number of hydrogen-bond donors (Lipinski definition) is 3. The number of amides is 1. The van der Waals surface area contributed by atoms with Crippen LogP contribution in [0.2, 0.25) is 0 Å². The zero-order valence-electron chi connectivity index (χ0n) is 18.4. The zero-order chi connectivity index (χ0) is 24.1. The van der Waals surface area contributed by atoms with Crippen molar-refractivity contribution in [3.8, 4) is 23.0 Å². The summed E-state index contributed by atoms with van der Waals surface area (Å²) < 4.78 is 34.2. The van der Waals surface area contributed by atoms with Crippen molar-refractivity contribution >= 4 is 32.6 Å². The van der Waals surface area contributed by atoms with Gasteiger partial charge in [0.1, 0.15) is 32.6 Å². The second-order valence-electron chi connectivity index (χ2n) is 7.50. The number of ether oxygens (including phenoxy) is 1. The summed E-state index contributed by atoms with van der Waals surface area (Å²) in [6.45, 7) is 4.17. The first-order valence-electron chi connectivity index (χ1n) is 10.3. The van der Waals surface area contributed by atoms with Crippen LogP contribution in [0.4, 0.5) is 5.69 Å². The van der Waals surface area contributed by atoms with E-state index in [4.69, 9.17) is 9.15 Å². The van der Waals surface area contributed by atoms with Crippen LogP contribution in [0.25, 0.3) is 22.5 Å². The molecule has 0 spiro atoms. The molecule has 0 fully saturated rings. The second kappa shape index (κ2) is 9.89. The summed E-state index contributed by atoms with van der Waals surface area (Å²) >= 11 is 0. The molecular formula is C23H23N5O5S. The highest BCUT2D eigenvalue weighted by molar-refractivity contribution is 7.90. The van der Waals surface area contributed by atoms with Gasteiger partial charge in [0.2, 0.25) is 11.8 Å². The number of anilines is 1. The van der Waals surface area contributed by atoms with E-state index in [-0.39, 0.29) is 17.5 Å². The standard InChI is InChI=1S/C23H23N5O5S/c1-3-20(29)27-15-5-4-6-16(11-15)33-21-14-26-23-22(28-21)18(13-25-23)19-8-7-17(32-19)12-24-9-10-34(2,30)31/h3-8,11,13-14,24H,1,9-10,12H2,2H3,(H,25,26)(H,27,29). The molecular weight excluding hydrogens is 458 g/mol. The minimum atomic E-state index is -3.02. The summed E-state index contributed by atoms with van der Waals surface area (Å²) in [7, 11) is -3.02. The van der Waals surface area contributed by atoms with Gasteiger partial charge in [-0.15, -0.1) is 0 Å². The molecule has 0 atom stereocenters. The van der Waals surface area contributed by atoms with Crippen LogP contribution in [-0.4, -0.2) is 47.8 Å². The van der Waals surface area contributed by atoms with Crippen LogP contribution < -0.4 is 15.4 Å². The number of hydrogen-bond acceptors (Lipinski definition) is 8. The fraction of sp³-hybridized carbons (Fsp3) is 0.174. The van der Waals surface area contributed by atoms with Crippen molar-refractivity contribution in [2.24, 2.45) is 0 Å². The predicted molar refractivity (Wildman–Crippen MR) is 128 cm³/mol. The average Bonchev–Trinajstić information content (AvgIpc) is 3.43. The van der Waals surface area contributed by atoms with Gasteiger partial charge in [0.05, 0.1) is 24.1 Å². The van der Waals surface area contributed by atoms with Gasteiger partial charge in [0.25, 0.3) is 0 Å². The number of rotatable bonds is 10. The summed E-state index contributed by atoms with van der Waals surface area (Å²) in [6, 6.07) is 10.5. The van der Waals surface area contributed by atoms with Crippen molar-refractivity contribution in [1.82, 2.24) is 20.3 Å². The summed E-state index contributed by atoms with van der Waals surface area (Å²) in [5.41, 5.74) is 2.41. The third kappa shape index (κ3) is 5.88. The van der Waals surface area contributed by atoms with Crippen molar-refractivity contribution in [3.63, 3.8) is 0 Å². The molecule has 3 N–H and O–H groups in total. The number of benzene rings is 1. The topological polar surface area (TPSA) is 139 Å². The van der Waals surface area contributed by atoms with Gasteiger partial charge in [-0.1, -0.05) is 12.6 Å². The Hall–Kier alpha value is -3.96. The van der Waals surface area contributed by atoms with Crippen LogP contribution in [0.5, 0.6) is 11.6 Å². The molecule has 0 saturated heterocycles. The van der Waals surface area contributed by atoms with E-state index in [9.17, 15) is 13.2 Å². The molecule has 34 heavy (non-hydrogen) atoms. The van der Waals surface area contributed by atoms with E-state index in [0.29, 0.717) is 52.8 Å². The van der Waals surface area contributed by atoms with Gasteiger partial charge in [-0.2, -0.15) is 0 Å². The normalized spacial score (nSPS) is 11.4. The van der Waals surface area contributed by atoms with Gasteiger partial charge in [-0.3, -0.25) is 4.79 Å². The fourth-order valence-corrected chi connectivity index (χ4v) is 3.67. The van der Waals surface area contributed by atoms with E-state index in [0.717, 1.165) is 0 Å². The highest BCUT2D eigenvalue weighted by Crippen LogP contribution is 2.30. The maximum Gasteiger partial charge on any atom is 0.247 e. The second-order valence-corrected chi connectivity index (χ2v) is 9.76. The minimum Gasteiger partial charge on any atom is -0.460 e. The molecule has 11 heteroatoms. The van der Waals surface area contributed by atoms with Crippen LogP contribution in [0, 0.1) is 0 Å². The van der Waals surface area contributed by atoms with Gasteiger partial charge in [-0.05, 0) is 30.3 Å². The molecule has 1 amide bonds. The lowest BCUT2D eigenvalue weighted by molar-refractivity contribution is -0.111. The summed E-state index contributed by atoms with van der Waals surface area (Å²) in [5, 5.41) is 5.73. The zero-order valence-corrected chi connectivity index (χ0v) is 19.2. The molecule has 4 aromatic rings. The van der Waals surface area contributed by atoms with Gasteiger partial charge < -0.3 is 24.8 Å². The molecule has 0 aliphatic heterocycles. The Morgan fingerprint density at radius 3 is 2.94 bits per heavy atom. The molecule has 0 aliphatic rings. The summed E-state index contributed by atoms with van der Waals surface area (Å²) in [6.07, 6.45) is 5.63. The van der Waals surface area contributed by atoms with E-state index < -0.39 is 9.84 Å². The van der Waals surface area contributed by atoms with E-state index >= 15 is 0 Å². The number of nitrogens with zero attached hydrogens (tertiary/aromatic N) is 2. The van der Waals surface area contributed by atoms with Gasteiger partial charge in [0.15, 0.2) is 5.65 Å². The van der Waals surface area contributed by atoms with Crippen LogP contribution in [0.3, 0.4) is 0 Å². The third-order valence-electron chi connectivity index (χ3n) is 4.74. The Balaban J connectivity index is 1.49. The first-order chi connectivity index (χ1) is 16.3. The Labute approximate surface area is 196 Å². The number of carbonyl (C=O) groups excluding carboxylic acids is 1. The number of nitrogens with one attached hydrogen (secondary N) is 3. The van der Waals surface area contributed by atoms with Crippen LogP contribution in [0.1, 0.15) is 5.76 Å². The maximum atomic E-state index is 11.5. The number of aromatic nitrogens is 3. The van der Waals surface area contributed by atoms with Crippen molar-refractivity contribution < 1.29 is 22.4 Å². The van der Waals surface area contributed by atoms with E-state index in [1.54, 1.807) is 30.5 Å². The van der Waals surface area contributed by atoms with Crippen LogP contribution in [0.15, 0.2) is 65.9 Å². The molecule has 3 aromatic heterocycles. The minimum absolute atomic E-state index is 0.0604. The Morgan fingerprint density at radius 2 is 2.15 bits per heavy atom. The number of carbonyl (C=O) groups is 1. The smallest absolute Gasteiger partial charge is 0.247 e. The van der Waals surface area contributed by atoms with Crippen LogP contribution >= 0.6 is 0 Å². The van der Waals surface area contributed by atoms with Gasteiger partial charge in [0, 0.05) is 30.8 Å². The molecule has 0 unspecified atom stereocenters. The Morgan fingerprint density at radius 1 is 1.29 bits per heavy atom. The third-order valence-corrected chi connectivity index (χ3v) is 5.69. The lowest BCUT2D eigenvalue weighted by atomic mass is 10.2. The van der Waals surface area contributed by atoms with Crippen LogP contribution in [-0.2, 0) is 21.2 Å². The van der Waals surface area contributed by atoms with Crippen molar-refractivity contribution in [2.45, 2.75) is 6.54 Å². The molecule has 4 rings (SSSR count). The number of sulfone groups is 1. The molecule has 1 aromatic carbocycles. The number of aromatic amines is 1. The van der Waals surface area contributed by atoms with Gasteiger partial charge in [-0.25, -0.2) is 18.4 Å². The van der Waals surface area contributed by atoms with Gasteiger partial charge >= 0.3 is 0 Å². The fourth-order valence-electron chi connectivity index (χ4n) is 3.15. The number of furan rings is 1. The van der Waals surface area contributed by atoms with Crippen molar-refractivity contribution in [1.29, 1.82) is 0 Å². The Bertz CT molecular complexity index is 1440. The monoisotopic (exact) mass is 481 g/mol. The van der Waals surface area contributed by atoms with E-state index in [2.05, 4.69) is 32.2 Å². The molecule has 0 bridgehead atoms. The maximum absolute atomic E-state index is 11.5. The highest BCUT2D eigenvalue weighted by Gasteiger charge is 2.14. The lowest BCUT2D eigenvalue weighted by Gasteiger charge is -2.07. The average molecular weight is 482 g/mol. The first-order valence-corrected chi connectivity index (χ1v) is 12.4. The molecule has 176 valence electrons. The van der Waals surface area contributed by atoms with Crippen molar-refractivity contribution in [2.75, 3.05) is 23.9 Å². The van der Waals surface area contributed by atoms with Crippen molar-refractivity contribution in [3.05, 3.63) is 67.2 Å². The predicted octanol–water partition coefficient (Wildman–Crippen LogP) is 3.27. The SMILES string of the molecule is C=CC(=O)Nc1cccc(Oc2cnc3[nH]cc(-c4ccc(CNCCS(C)(=O)=O)o4)c3n2)c1. The summed E-state index contributed by atoms with van der Waals surface area (Å²) in [4.78, 5) is 23.5. The molecule has 0 saturated carbocycles. The van der Waals surface area contributed by atoms with E-state index in [1.165, 1.54) is 18.5 Å². The number of fused-ring (bicyclic) bond motifs is 1. The molecule has 10 nitrogen and oxygen atoms in total. The highest BCUT2D eigenvalue weighted by atomic mass is 32.2. The molecule has 3 heterocycles. The van der Waals surface area contributed by atoms with E-state index in [1.807, 2.05) is 12.1 Å². The quantitative estimate of drug-likeness (QED) is 0.232.